The van der Waals surface area contributed by atoms with Crippen LogP contribution in [-0.2, 0) is 0 Å². The van der Waals surface area contributed by atoms with E-state index in [1.165, 1.54) is 17.8 Å². The van der Waals surface area contributed by atoms with E-state index < -0.39 is 0 Å². The highest BCUT2D eigenvalue weighted by Gasteiger charge is 2.21. The lowest BCUT2D eigenvalue weighted by molar-refractivity contribution is 0.0726. The van der Waals surface area contributed by atoms with Crippen molar-refractivity contribution in [2.24, 2.45) is 0 Å². The van der Waals surface area contributed by atoms with Gasteiger partial charge in [0.15, 0.2) is 0 Å². The van der Waals surface area contributed by atoms with Gasteiger partial charge in [0.1, 0.15) is 0 Å². The van der Waals surface area contributed by atoms with Crippen LogP contribution in [0.25, 0.3) is 21.5 Å². The summed E-state index contributed by atoms with van der Waals surface area (Å²) in [4.78, 5) is 20.8. The maximum absolute atomic E-state index is 13.1. The van der Waals surface area contributed by atoms with Gasteiger partial charge in [-0.05, 0) is 43.5 Å². The predicted molar refractivity (Wildman–Crippen MR) is 99.8 cm³/mol. The smallest absolute Gasteiger partial charge is 0.254 e. The molecule has 1 saturated heterocycles. The molecule has 3 aromatic rings. The predicted octanol–water partition coefficient (Wildman–Crippen LogP) is 5.24. The Kier molecular flexibility index (Phi) is 4.25. The van der Waals surface area contributed by atoms with Gasteiger partial charge in [0.25, 0.3) is 5.91 Å². The number of aromatic nitrogens is 1. The molecular formula is C19H17ClN2OS. The van der Waals surface area contributed by atoms with Crippen molar-refractivity contribution < 1.29 is 4.79 Å². The van der Waals surface area contributed by atoms with Crippen LogP contribution in [0.5, 0.6) is 0 Å². The second-order valence-electron chi connectivity index (χ2n) is 6.03. The third-order valence-electron chi connectivity index (χ3n) is 4.42. The zero-order valence-corrected chi connectivity index (χ0v) is 14.7. The maximum atomic E-state index is 13.1. The molecular weight excluding hydrogens is 340 g/mol. The molecule has 0 radical (unpaired) electrons. The zero-order chi connectivity index (χ0) is 16.5. The number of rotatable bonds is 2. The first-order valence-electron chi connectivity index (χ1n) is 8.17. The van der Waals surface area contributed by atoms with Gasteiger partial charge < -0.3 is 4.90 Å². The molecule has 0 aliphatic carbocycles. The number of hydrogen-bond acceptors (Lipinski definition) is 3. The first-order valence-corrected chi connectivity index (χ1v) is 9.36. The third kappa shape index (κ3) is 2.92. The summed E-state index contributed by atoms with van der Waals surface area (Å²) in [6, 6.07) is 13.6. The number of likely N-dealkylation sites (tertiary alicyclic amines) is 1. The van der Waals surface area contributed by atoms with Gasteiger partial charge in [-0.15, -0.1) is 11.3 Å². The van der Waals surface area contributed by atoms with Crippen molar-refractivity contribution in [3.63, 3.8) is 0 Å². The number of benzene rings is 1. The van der Waals surface area contributed by atoms with Crippen molar-refractivity contribution in [3.05, 3.63) is 52.4 Å². The molecule has 0 bridgehead atoms. The van der Waals surface area contributed by atoms with Gasteiger partial charge in [-0.1, -0.05) is 29.8 Å². The van der Waals surface area contributed by atoms with Gasteiger partial charge >= 0.3 is 0 Å². The molecule has 1 amide bonds. The summed E-state index contributed by atoms with van der Waals surface area (Å²) in [6.07, 6.45) is 3.38. The Morgan fingerprint density at radius 3 is 2.62 bits per heavy atom. The van der Waals surface area contributed by atoms with E-state index in [1.807, 2.05) is 47.4 Å². The third-order valence-corrected chi connectivity index (χ3v) is 5.67. The molecule has 3 heterocycles. The van der Waals surface area contributed by atoms with Crippen LogP contribution in [0.3, 0.4) is 0 Å². The molecule has 4 rings (SSSR count). The average molecular weight is 357 g/mol. The summed E-state index contributed by atoms with van der Waals surface area (Å²) in [5.74, 6) is 0.109. The van der Waals surface area contributed by atoms with E-state index in [2.05, 4.69) is 0 Å². The molecule has 0 N–H and O–H groups in total. The highest BCUT2D eigenvalue weighted by molar-refractivity contribution is 7.19. The number of fused-ring (bicyclic) bond motifs is 1. The van der Waals surface area contributed by atoms with Crippen LogP contribution >= 0.6 is 22.9 Å². The van der Waals surface area contributed by atoms with E-state index >= 15 is 0 Å². The second-order valence-corrected chi connectivity index (χ2v) is 7.74. The zero-order valence-electron chi connectivity index (χ0n) is 13.2. The molecule has 3 nitrogen and oxygen atoms in total. The molecule has 5 heteroatoms. The summed E-state index contributed by atoms with van der Waals surface area (Å²) in [5, 5.41) is 0.916. The first-order chi connectivity index (χ1) is 11.7. The molecule has 1 aliphatic rings. The Morgan fingerprint density at radius 2 is 1.88 bits per heavy atom. The summed E-state index contributed by atoms with van der Waals surface area (Å²) in [6.45, 7) is 1.69. The van der Waals surface area contributed by atoms with Crippen LogP contribution < -0.4 is 0 Å². The van der Waals surface area contributed by atoms with Crippen molar-refractivity contribution in [3.8, 4) is 10.6 Å². The van der Waals surface area contributed by atoms with E-state index in [4.69, 9.17) is 16.6 Å². The maximum Gasteiger partial charge on any atom is 0.254 e. The largest absolute Gasteiger partial charge is 0.339 e. The minimum atomic E-state index is 0.109. The monoisotopic (exact) mass is 356 g/mol. The normalized spacial score (nSPS) is 15.0. The van der Waals surface area contributed by atoms with Crippen LogP contribution in [0.1, 0.15) is 29.6 Å². The molecule has 0 atom stereocenters. The van der Waals surface area contributed by atoms with Crippen molar-refractivity contribution in [1.82, 2.24) is 9.88 Å². The molecule has 24 heavy (non-hydrogen) atoms. The van der Waals surface area contributed by atoms with Crippen LogP contribution in [0, 0.1) is 0 Å². The number of carbonyl (C=O) groups excluding carboxylic acids is 1. The Bertz CT molecular complexity index is 899. The Balaban J connectivity index is 1.84. The Morgan fingerprint density at radius 1 is 1.08 bits per heavy atom. The van der Waals surface area contributed by atoms with Gasteiger partial charge in [0.2, 0.25) is 0 Å². The topological polar surface area (TPSA) is 33.2 Å². The summed E-state index contributed by atoms with van der Waals surface area (Å²) in [5.41, 5.74) is 2.40. The van der Waals surface area contributed by atoms with E-state index in [0.717, 1.165) is 57.3 Å². The fourth-order valence-electron chi connectivity index (χ4n) is 3.20. The molecule has 122 valence electrons. The van der Waals surface area contributed by atoms with Crippen molar-refractivity contribution in [2.75, 3.05) is 13.1 Å². The van der Waals surface area contributed by atoms with Crippen LogP contribution in [-0.4, -0.2) is 28.9 Å². The standard InChI is InChI=1S/C19H17ClN2OS/c20-18-9-8-17(24-18)16-12-14(13-6-2-3-7-15(13)21-16)19(23)22-10-4-1-5-11-22/h2-3,6-9,12H,1,4-5,10-11H2. The van der Waals surface area contributed by atoms with Crippen molar-refractivity contribution >= 4 is 39.7 Å². The second kappa shape index (κ2) is 6.54. The lowest BCUT2D eigenvalue weighted by Gasteiger charge is -2.27. The lowest BCUT2D eigenvalue weighted by Crippen LogP contribution is -2.35. The average Bonchev–Trinajstić information content (AvgIpc) is 3.07. The number of amides is 1. The number of pyridine rings is 1. The minimum Gasteiger partial charge on any atom is -0.339 e. The van der Waals surface area contributed by atoms with E-state index in [9.17, 15) is 4.79 Å². The quantitative estimate of drug-likeness (QED) is 0.628. The van der Waals surface area contributed by atoms with Gasteiger partial charge in [-0.2, -0.15) is 0 Å². The molecule has 1 aromatic carbocycles. The minimum absolute atomic E-state index is 0.109. The van der Waals surface area contributed by atoms with Gasteiger partial charge in [0, 0.05) is 18.5 Å². The van der Waals surface area contributed by atoms with Crippen molar-refractivity contribution in [1.29, 1.82) is 0 Å². The number of nitrogens with zero attached hydrogens (tertiary/aromatic N) is 2. The van der Waals surface area contributed by atoms with Gasteiger partial charge in [-0.3, -0.25) is 4.79 Å². The van der Waals surface area contributed by atoms with E-state index in [0.29, 0.717) is 0 Å². The molecule has 0 spiro atoms. The number of carbonyl (C=O) groups is 1. The number of hydrogen-bond donors (Lipinski definition) is 0. The lowest BCUT2D eigenvalue weighted by atomic mass is 10.0. The summed E-state index contributed by atoms with van der Waals surface area (Å²) >= 11 is 7.55. The van der Waals surface area contributed by atoms with E-state index in [-0.39, 0.29) is 5.91 Å². The Labute approximate surface area is 149 Å². The number of halogens is 1. The fourth-order valence-corrected chi connectivity index (χ4v) is 4.20. The Hall–Kier alpha value is -1.91. The molecule has 1 aliphatic heterocycles. The number of para-hydroxylation sites is 1. The van der Waals surface area contributed by atoms with Crippen LogP contribution in [0.15, 0.2) is 42.5 Å². The van der Waals surface area contributed by atoms with E-state index in [1.54, 1.807) is 0 Å². The summed E-state index contributed by atoms with van der Waals surface area (Å²) in [7, 11) is 0. The fraction of sp³-hybridized carbons (Fsp3) is 0.263. The first kappa shape index (κ1) is 15.6. The molecule has 0 saturated carbocycles. The molecule has 0 unspecified atom stereocenters. The van der Waals surface area contributed by atoms with Gasteiger partial charge in [0.05, 0.1) is 26.0 Å². The van der Waals surface area contributed by atoms with Crippen LogP contribution in [0.4, 0.5) is 0 Å². The SMILES string of the molecule is O=C(c1cc(-c2ccc(Cl)s2)nc2ccccc12)N1CCCCC1. The number of piperidine rings is 1. The van der Waals surface area contributed by atoms with Gasteiger partial charge in [-0.25, -0.2) is 4.98 Å². The van der Waals surface area contributed by atoms with Crippen LogP contribution in [0.2, 0.25) is 4.34 Å². The van der Waals surface area contributed by atoms with Crippen molar-refractivity contribution in [2.45, 2.75) is 19.3 Å². The molecule has 1 fully saturated rings. The summed E-state index contributed by atoms with van der Waals surface area (Å²) < 4.78 is 0.726. The molecule has 2 aromatic heterocycles. The number of thiophene rings is 1. The highest BCUT2D eigenvalue weighted by atomic mass is 35.5. The highest BCUT2D eigenvalue weighted by Crippen LogP contribution is 2.32.